The van der Waals surface area contributed by atoms with Gasteiger partial charge in [-0.1, -0.05) is 49.8 Å². The molecule has 1 saturated carbocycles. The number of hydrogen-bond acceptors (Lipinski definition) is 5. The second-order valence-electron chi connectivity index (χ2n) is 4.93. The van der Waals surface area contributed by atoms with Crippen LogP contribution in [0, 0.1) is 11.8 Å². The zero-order chi connectivity index (χ0) is 13.0. The zero-order valence-corrected chi connectivity index (χ0v) is 12.4. The molecule has 1 N–H and O–H groups in total. The van der Waals surface area contributed by atoms with Crippen LogP contribution in [0.1, 0.15) is 33.1 Å². The van der Waals surface area contributed by atoms with Crippen LogP contribution in [0.25, 0.3) is 0 Å². The van der Waals surface area contributed by atoms with Crippen molar-refractivity contribution < 1.29 is 4.79 Å². The van der Waals surface area contributed by atoms with Gasteiger partial charge in [0, 0.05) is 6.04 Å². The molecule has 4 nitrogen and oxygen atoms in total. The van der Waals surface area contributed by atoms with Crippen LogP contribution in [0.4, 0.5) is 0 Å². The molecule has 1 aromatic rings. The lowest BCUT2D eigenvalue weighted by atomic mass is 9.78. The molecule has 0 saturated heterocycles. The van der Waals surface area contributed by atoms with Gasteiger partial charge in [0.05, 0.1) is 5.75 Å². The van der Waals surface area contributed by atoms with Gasteiger partial charge in [-0.2, -0.15) is 0 Å². The van der Waals surface area contributed by atoms with E-state index < -0.39 is 0 Å². The van der Waals surface area contributed by atoms with Crippen molar-refractivity contribution >= 4 is 29.0 Å². The highest BCUT2D eigenvalue weighted by atomic mass is 32.2. The number of amides is 1. The first-order valence-corrected chi connectivity index (χ1v) is 8.21. The zero-order valence-electron chi connectivity index (χ0n) is 10.8. The van der Waals surface area contributed by atoms with Gasteiger partial charge in [0.1, 0.15) is 5.51 Å². The van der Waals surface area contributed by atoms with E-state index in [1.54, 1.807) is 5.51 Å². The van der Waals surface area contributed by atoms with Crippen LogP contribution >= 0.6 is 23.1 Å². The minimum absolute atomic E-state index is 0.112. The molecule has 1 aromatic heterocycles. The van der Waals surface area contributed by atoms with Gasteiger partial charge in [-0.25, -0.2) is 0 Å². The maximum Gasteiger partial charge on any atom is 0.230 e. The van der Waals surface area contributed by atoms with Crippen LogP contribution < -0.4 is 5.32 Å². The fourth-order valence-electron chi connectivity index (χ4n) is 2.39. The van der Waals surface area contributed by atoms with Crippen LogP contribution in [0.2, 0.25) is 0 Å². The Bertz CT molecular complexity index is 383. The third-order valence-corrected chi connectivity index (χ3v) is 5.58. The quantitative estimate of drug-likeness (QED) is 0.864. The summed E-state index contributed by atoms with van der Waals surface area (Å²) in [5.41, 5.74) is 1.69. The van der Waals surface area contributed by atoms with E-state index >= 15 is 0 Å². The summed E-state index contributed by atoms with van der Waals surface area (Å²) in [7, 11) is 0. The number of carbonyl (C=O) groups excluding carboxylic acids is 1. The number of rotatable bonds is 4. The standard InChI is InChI=1S/C12H19N3OS2/c1-8-4-3-5-10(9(8)2)14-11(16)6-17-12-15-13-7-18-12/h7-10H,3-6H2,1-2H3,(H,14,16)/t8-,9-,10+/m1/s1. The highest BCUT2D eigenvalue weighted by Gasteiger charge is 2.27. The van der Waals surface area contributed by atoms with Crippen molar-refractivity contribution in [3.63, 3.8) is 0 Å². The van der Waals surface area contributed by atoms with Crippen LogP contribution in [0.3, 0.4) is 0 Å². The summed E-state index contributed by atoms with van der Waals surface area (Å²) in [5.74, 6) is 1.84. The lowest BCUT2D eigenvalue weighted by molar-refractivity contribution is -0.119. The molecule has 1 heterocycles. The van der Waals surface area contributed by atoms with Gasteiger partial charge in [-0.3, -0.25) is 4.79 Å². The van der Waals surface area contributed by atoms with Crippen LogP contribution in [-0.2, 0) is 4.79 Å². The third-order valence-electron chi connectivity index (χ3n) is 3.72. The van der Waals surface area contributed by atoms with Gasteiger partial charge in [0.15, 0.2) is 4.34 Å². The van der Waals surface area contributed by atoms with Crippen molar-refractivity contribution in [1.29, 1.82) is 0 Å². The van der Waals surface area contributed by atoms with E-state index in [2.05, 4.69) is 29.4 Å². The van der Waals surface area contributed by atoms with E-state index in [9.17, 15) is 4.79 Å². The molecular formula is C12H19N3OS2. The number of nitrogens with zero attached hydrogens (tertiary/aromatic N) is 2. The minimum atomic E-state index is 0.112. The Morgan fingerprint density at radius 3 is 3.11 bits per heavy atom. The number of carbonyl (C=O) groups is 1. The summed E-state index contributed by atoms with van der Waals surface area (Å²) >= 11 is 2.93. The molecule has 18 heavy (non-hydrogen) atoms. The largest absolute Gasteiger partial charge is 0.352 e. The van der Waals surface area contributed by atoms with Crippen molar-refractivity contribution in [3.05, 3.63) is 5.51 Å². The molecule has 0 unspecified atom stereocenters. The SMILES string of the molecule is C[C@@H]1[C@H](C)CCC[C@@H]1NC(=O)CSc1nncs1. The first-order valence-electron chi connectivity index (χ1n) is 6.35. The molecule has 1 aliphatic carbocycles. The van der Waals surface area contributed by atoms with Crippen molar-refractivity contribution in [2.75, 3.05) is 5.75 Å². The summed E-state index contributed by atoms with van der Waals surface area (Å²) in [6.45, 7) is 4.52. The topological polar surface area (TPSA) is 54.9 Å². The van der Waals surface area contributed by atoms with Gasteiger partial charge in [0.2, 0.25) is 5.91 Å². The van der Waals surface area contributed by atoms with E-state index in [1.807, 2.05) is 0 Å². The predicted octanol–water partition coefficient (Wildman–Crippen LogP) is 2.57. The molecular weight excluding hydrogens is 266 g/mol. The molecule has 0 aromatic carbocycles. The molecule has 1 fully saturated rings. The highest BCUT2D eigenvalue weighted by molar-refractivity contribution is 8.01. The van der Waals surface area contributed by atoms with Crippen LogP contribution in [0.5, 0.6) is 0 Å². The molecule has 1 aliphatic rings. The van der Waals surface area contributed by atoms with Crippen LogP contribution in [-0.4, -0.2) is 27.9 Å². The van der Waals surface area contributed by atoms with E-state index in [0.29, 0.717) is 23.6 Å². The molecule has 6 heteroatoms. The maximum absolute atomic E-state index is 11.9. The Morgan fingerprint density at radius 2 is 2.39 bits per heavy atom. The second-order valence-corrected chi connectivity index (χ2v) is 6.99. The Balaban J connectivity index is 1.76. The molecule has 3 atom stereocenters. The van der Waals surface area contributed by atoms with Gasteiger partial charge < -0.3 is 5.32 Å². The van der Waals surface area contributed by atoms with Gasteiger partial charge >= 0.3 is 0 Å². The molecule has 0 bridgehead atoms. The second kappa shape index (κ2) is 6.52. The Labute approximate surface area is 116 Å². The lowest BCUT2D eigenvalue weighted by Crippen LogP contribution is -2.44. The number of aromatic nitrogens is 2. The maximum atomic E-state index is 11.9. The smallest absolute Gasteiger partial charge is 0.230 e. The Hall–Kier alpha value is -0.620. The fourth-order valence-corrected chi connectivity index (χ4v) is 3.69. The van der Waals surface area contributed by atoms with Gasteiger partial charge in [-0.15, -0.1) is 10.2 Å². The summed E-state index contributed by atoms with van der Waals surface area (Å²) in [5, 5.41) is 10.8. The van der Waals surface area contributed by atoms with Crippen LogP contribution in [0.15, 0.2) is 9.85 Å². The number of nitrogens with one attached hydrogen (secondary N) is 1. The third kappa shape index (κ3) is 3.68. The predicted molar refractivity (Wildman–Crippen MR) is 74.7 cm³/mol. The number of thioether (sulfide) groups is 1. The highest BCUT2D eigenvalue weighted by Crippen LogP contribution is 2.29. The summed E-state index contributed by atoms with van der Waals surface area (Å²) in [6, 6.07) is 0.344. The van der Waals surface area contributed by atoms with Crippen molar-refractivity contribution in [3.8, 4) is 0 Å². The Morgan fingerprint density at radius 1 is 1.56 bits per heavy atom. The molecule has 2 rings (SSSR count). The van der Waals surface area contributed by atoms with Crippen molar-refractivity contribution in [2.24, 2.45) is 11.8 Å². The van der Waals surface area contributed by atoms with Crippen molar-refractivity contribution in [2.45, 2.75) is 43.5 Å². The monoisotopic (exact) mass is 285 g/mol. The van der Waals surface area contributed by atoms with E-state index in [-0.39, 0.29) is 5.91 Å². The normalized spacial score (nSPS) is 28.0. The molecule has 0 aliphatic heterocycles. The fraction of sp³-hybridized carbons (Fsp3) is 0.750. The average Bonchev–Trinajstić information content (AvgIpc) is 2.86. The first-order chi connectivity index (χ1) is 8.66. The summed E-state index contributed by atoms with van der Waals surface area (Å²) in [4.78, 5) is 11.9. The first kappa shape index (κ1) is 13.8. The molecule has 0 radical (unpaired) electrons. The van der Waals surface area contributed by atoms with E-state index in [1.165, 1.54) is 35.9 Å². The van der Waals surface area contributed by atoms with Crippen molar-refractivity contribution in [1.82, 2.24) is 15.5 Å². The van der Waals surface area contributed by atoms with Gasteiger partial charge in [0.25, 0.3) is 0 Å². The Kier molecular flexibility index (Phi) is 5.00. The molecule has 1 amide bonds. The van der Waals surface area contributed by atoms with Gasteiger partial charge in [-0.05, 0) is 18.3 Å². The minimum Gasteiger partial charge on any atom is -0.352 e. The molecule has 0 spiro atoms. The lowest BCUT2D eigenvalue weighted by Gasteiger charge is -2.34. The number of hydrogen-bond donors (Lipinski definition) is 1. The van der Waals surface area contributed by atoms with E-state index in [0.717, 1.165) is 10.8 Å². The average molecular weight is 285 g/mol. The summed E-state index contributed by atoms with van der Waals surface area (Å²) in [6.07, 6.45) is 3.62. The summed E-state index contributed by atoms with van der Waals surface area (Å²) < 4.78 is 0.857. The van der Waals surface area contributed by atoms with E-state index in [4.69, 9.17) is 0 Å². The molecule has 100 valence electrons.